The van der Waals surface area contributed by atoms with Crippen LogP contribution in [0.15, 0.2) is 42.6 Å². The number of hydrogen-bond donors (Lipinski definition) is 0. The highest BCUT2D eigenvalue weighted by Crippen LogP contribution is 2.17. The monoisotopic (exact) mass is 357 g/mol. The van der Waals surface area contributed by atoms with Gasteiger partial charge in [0.15, 0.2) is 0 Å². The number of benzene rings is 1. The summed E-state index contributed by atoms with van der Waals surface area (Å²) in [5, 5.41) is 0.752. The first-order valence-corrected chi connectivity index (χ1v) is 9.19. The zero-order chi connectivity index (χ0) is 17.6. The topological polar surface area (TPSA) is 36.4 Å². The highest BCUT2D eigenvalue weighted by molar-refractivity contribution is 6.30. The number of nitrogens with zero attached hydrogens (tertiary/aromatic N) is 3. The first kappa shape index (κ1) is 17.7. The molecule has 0 atom stereocenters. The van der Waals surface area contributed by atoms with Crippen molar-refractivity contribution in [2.24, 2.45) is 0 Å². The second-order valence-corrected chi connectivity index (χ2v) is 6.94. The van der Waals surface area contributed by atoms with Gasteiger partial charge in [-0.25, -0.2) is 0 Å². The van der Waals surface area contributed by atoms with Crippen LogP contribution in [0.5, 0.6) is 0 Å². The van der Waals surface area contributed by atoms with E-state index in [4.69, 9.17) is 11.6 Å². The molecule has 0 saturated carbocycles. The predicted molar refractivity (Wildman–Crippen MR) is 102 cm³/mol. The molecular formula is C20H24ClN3O. The van der Waals surface area contributed by atoms with Crippen molar-refractivity contribution >= 4 is 23.2 Å². The minimum Gasteiger partial charge on any atom is -0.368 e. The Kier molecular flexibility index (Phi) is 5.92. The summed E-state index contributed by atoms with van der Waals surface area (Å²) in [6.07, 6.45) is 4.25. The van der Waals surface area contributed by atoms with Gasteiger partial charge in [0.1, 0.15) is 0 Å². The first-order valence-electron chi connectivity index (χ1n) is 8.81. The van der Waals surface area contributed by atoms with Crippen molar-refractivity contribution in [2.45, 2.75) is 26.2 Å². The van der Waals surface area contributed by atoms with Gasteiger partial charge in [0.05, 0.1) is 0 Å². The zero-order valence-electron chi connectivity index (χ0n) is 14.6. The third-order valence-corrected chi connectivity index (χ3v) is 4.90. The Labute approximate surface area is 154 Å². The first-order chi connectivity index (χ1) is 12.1. The Bertz CT molecular complexity index is 709. The standard InChI is InChI=1S/C20H24ClN3O/c1-16-15-19(9-10-22-16)23-11-13-24(14-12-23)20(25)4-2-3-17-5-7-18(21)8-6-17/h5-10,15H,2-4,11-14H2,1H3. The average Bonchev–Trinajstić information content (AvgIpc) is 2.63. The third-order valence-electron chi connectivity index (χ3n) is 4.65. The van der Waals surface area contributed by atoms with Gasteiger partial charge in [-0.1, -0.05) is 23.7 Å². The largest absolute Gasteiger partial charge is 0.368 e. The normalized spacial score (nSPS) is 14.6. The average molecular weight is 358 g/mol. The van der Waals surface area contributed by atoms with E-state index >= 15 is 0 Å². The van der Waals surface area contributed by atoms with Crippen LogP contribution in [0, 0.1) is 6.92 Å². The maximum atomic E-state index is 12.4. The Morgan fingerprint density at radius 3 is 2.52 bits per heavy atom. The molecule has 1 aliphatic rings. The molecule has 1 saturated heterocycles. The van der Waals surface area contributed by atoms with Crippen LogP contribution in [0.4, 0.5) is 5.69 Å². The molecule has 2 aromatic rings. The van der Waals surface area contributed by atoms with Crippen LogP contribution >= 0.6 is 11.6 Å². The summed E-state index contributed by atoms with van der Waals surface area (Å²) in [5.41, 5.74) is 3.45. The number of pyridine rings is 1. The molecule has 0 N–H and O–H groups in total. The quantitative estimate of drug-likeness (QED) is 0.818. The zero-order valence-corrected chi connectivity index (χ0v) is 15.4. The summed E-state index contributed by atoms with van der Waals surface area (Å²) in [6.45, 7) is 5.35. The highest BCUT2D eigenvalue weighted by Gasteiger charge is 2.21. The van der Waals surface area contributed by atoms with Crippen LogP contribution in [0.2, 0.25) is 5.02 Å². The molecule has 4 nitrogen and oxygen atoms in total. The molecule has 5 heteroatoms. The minimum absolute atomic E-state index is 0.263. The molecule has 0 aliphatic carbocycles. The molecule has 1 amide bonds. The molecule has 0 unspecified atom stereocenters. The van der Waals surface area contributed by atoms with Gasteiger partial charge in [-0.05, 0) is 49.6 Å². The van der Waals surface area contributed by atoms with E-state index in [2.05, 4.69) is 16.0 Å². The van der Waals surface area contributed by atoms with Crippen molar-refractivity contribution in [1.82, 2.24) is 9.88 Å². The van der Waals surface area contributed by atoms with Gasteiger partial charge >= 0.3 is 0 Å². The van der Waals surface area contributed by atoms with Crippen molar-refractivity contribution in [2.75, 3.05) is 31.1 Å². The summed E-state index contributed by atoms with van der Waals surface area (Å²) in [4.78, 5) is 21.0. The number of aromatic nitrogens is 1. The van der Waals surface area contributed by atoms with Gasteiger partial charge in [0, 0.05) is 55.2 Å². The molecule has 0 spiro atoms. The predicted octanol–water partition coefficient (Wildman–Crippen LogP) is 3.71. The van der Waals surface area contributed by atoms with Crippen LogP contribution in [0.25, 0.3) is 0 Å². The Morgan fingerprint density at radius 2 is 1.84 bits per heavy atom. The Balaban J connectivity index is 1.43. The number of carbonyl (C=O) groups excluding carboxylic acids is 1. The van der Waals surface area contributed by atoms with Crippen LogP contribution < -0.4 is 4.90 Å². The summed E-state index contributed by atoms with van der Waals surface area (Å²) in [6, 6.07) is 12.0. The fraction of sp³-hybridized carbons (Fsp3) is 0.400. The number of amides is 1. The third kappa shape index (κ3) is 4.95. The molecule has 1 aromatic carbocycles. The van der Waals surface area contributed by atoms with Crippen molar-refractivity contribution < 1.29 is 4.79 Å². The molecule has 1 fully saturated rings. The fourth-order valence-electron chi connectivity index (χ4n) is 3.19. The van der Waals surface area contributed by atoms with E-state index in [0.29, 0.717) is 6.42 Å². The number of aryl methyl sites for hydroxylation is 2. The minimum atomic E-state index is 0.263. The number of rotatable bonds is 5. The van der Waals surface area contributed by atoms with E-state index in [0.717, 1.165) is 49.7 Å². The Morgan fingerprint density at radius 1 is 1.12 bits per heavy atom. The second-order valence-electron chi connectivity index (χ2n) is 6.50. The molecule has 132 valence electrons. The molecular weight excluding hydrogens is 334 g/mol. The number of piperazine rings is 1. The maximum absolute atomic E-state index is 12.4. The van der Waals surface area contributed by atoms with Crippen LogP contribution in [0.1, 0.15) is 24.1 Å². The van der Waals surface area contributed by atoms with Gasteiger partial charge < -0.3 is 9.80 Å². The van der Waals surface area contributed by atoms with Gasteiger partial charge in [-0.15, -0.1) is 0 Å². The highest BCUT2D eigenvalue weighted by atomic mass is 35.5. The van der Waals surface area contributed by atoms with Crippen molar-refractivity contribution in [1.29, 1.82) is 0 Å². The van der Waals surface area contributed by atoms with E-state index in [1.54, 1.807) is 0 Å². The lowest BCUT2D eigenvalue weighted by Crippen LogP contribution is -2.48. The van der Waals surface area contributed by atoms with Gasteiger partial charge in [-0.3, -0.25) is 9.78 Å². The maximum Gasteiger partial charge on any atom is 0.222 e. The summed E-state index contributed by atoms with van der Waals surface area (Å²) in [5.74, 6) is 0.263. The van der Waals surface area contributed by atoms with E-state index in [-0.39, 0.29) is 5.91 Å². The van der Waals surface area contributed by atoms with Crippen molar-refractivity contribution in [3.63, 3.8) is 0 Å². The lowest BCUT2D eigenvalue weighted by atomic mass is 10.1. The Hall–Kier alpha value is -2.07. The lowest BCUT2D eigenvalue weighted by Gasteiger charge is -2.36. The van der Waals surface area contributed by atoms with Crippen LogP contribution in [-0.4, -0.2) is 42.0 Å². The van der Waals surface area contributed by atoms with Crippen molar-refractivity contribution in [3.05, 3.63) is 58.9 Å². The SMILES string of the molecule is Cc1cc(N2CCN(C(=O)CCCc3ccc(Cl)cc3)CC2)ccn1. The van der Waals surface area contributed by atoms with E-state index in [1.807, 2.05) is 48.4 Å². The smallest absolute Gasteiger partial charge is 0.222 e. The van der Waals surface area contributed by atoms with Gasteiger partial charge in [0.25, 0.3) is 0 Å². The van der Waals surface area contributed by atoms with E-state index < -0.39 is 0 Å². The number of halogens is 1. The van der Waals surface area contributed by atoms with E-state index in [1.165, 1.54) is 11.3 Å². The van der Waals surface area contributed by atoms with Gasteiger partial charge in [0.2, 0.25) is 5.91 Å². The molecule has 25 heavy (non-hydrogen) atoms. The molecule has 1 aromatic heterocycles. The summed E-state index contributed by atoms with van der Waals surface area (Å²) >= 11 is 5.89. The summed E-state index contributed by atoms with van der Waals surface area (Å²) < 4.78 is 0. The molecule has 0 radical (unpaired) electrons. The molecule has 3 rings (SSSR count). The van der Waals surface area contributed by atoms with Gasteiger partial charge in [-0.2, -0.15) is 0 Å². The second kappa shape index (κ2) is 8.34. The fourth-order valence-corrected chi connectivity index (χ4v) is 3.32. The number of anilines is 1. The number of carbonyl (C=O) groups is 1. The lowest BCUT2D eigenvalue weighted by molar-refractivity contribution is -0.131. The van der Waals surface area contributed by atoms with Crippen LogP contribution in [0.3, 0.4) is 0 Å². The molecule has 0 bridgehead atoms. The molecule has 2 heterocycles. The summed E-state index contributed by atoms with van der Waals surface area (Å²) in [7, 11) is 0. The van der Waals surface area contributed by atoms with E-state index in [9.17, 15) is 4.79 Å². The van der Waals surface area contributed by atoms with Crippen LogP contribution in [-0.2, 0) is 11.2 Å². The molecule has 1 aliphatic heterocycles. The number of hydrogen-bond acceptors (Lipinski definition) is 3. The van der Waals surface area contributed by atoms with Crippen molar-refractivity contribution in [3.8, 4) is 0 Å².